The molecule has 0 bridgehead atoms. The maximum Gasteiger partial charge on any atom is 0.0708 e. The van der Waals surface area contributed by atoms with E-state index in [0.717, 1.165) is 12.2 Å². The molecular formula is C35H46N2. The van der Waals surface area contributed by atoms with E-state index in [9.17, 15) is 0 Å². The summed E-state index contributed by atoms with van der Waals surface area (Å²) in [7, 11) is 0. The van der Waals surface area contributed by atoms with E-state index in [1.165, 1.54) is 118 Å². The van der Waals surface area contributed by atoms with Crippen molar-refractivity contribution in [2.24, 2.45) is 4.99 Å². The van der Waals surface area contributed by atoms with Crippen LogP contribution in [0.2, 0.25) is 0 Å². The Kier molecular flexibility index (Phi) is 11.3. The highest BCUT2D eigenvalue weighted by atomic mass is 15.1. The van der Waals surface area contributed by atoms with Crippen molar-refractivity contribution >= 4 is 28.7 Å². The molecule has 0 saturated heterocycles. The van der Waals surface area contributed by atoms with E-state index in [0.29, 0.717) is 0 Å². The quantitative estimate of drug-likeness (QED) is 0.212. The molecule has 4 rings (SSSR count). The van der Waals surface area contributed by atoms with Gasteiger partial charge in [0.1, 0.15) is 0 Å². The molecule has 0 atom stereocenters. The smallest absolute Gasteiger partial charge is 0.0708 e. The van der Waals surface area contributed by atoms with Gasteiger partial charge in [0.15, 0.2) is 0 Å². The molecule has 2 aromatic carbocycles. The summed E-state index contributed by atoms with van der Waals surface area (Å²) >= 11 is 0. The van der Waals surface area contributed by atoms with Gasteiger partial charge in [0.25, 0.3) is 0 Å². The molecule has 2 heterocycles. The average Bonchev–Trinajstić information content (AvgIpc) is 3.35. The van der Waals surface area contributed by atoms with Crippen LogP contribution in [0.4, 0.5) is 11.4 Å². The minimum atomic E-state index is 1.06. The van der Waals surface area contributed by atoms with Crippen LogP contribution in [0.5, 0.6) is 0 Å². The summed E-state index contributed by atoms with van der Waals surface area (Å²) < 4.78 is 0. The minimum Gasteiger partial charge on any atom is -0.347 e. The molecule has 2 aliphatic rings. The Morgan fingerprint density at radius 2 is 1.19 bits per heavy atom. The molecule has 0 amide bonds. The van der Waals surface area contributed by atoms with E-state index >= 15 is 0 Å². The molecule has 0 spiro atoms. The van der Waals surface area contributed by atoms with E-state index in [2.05, 4.69) is 83.7 Å². The molecule has 0 unspecified atom stereocenters. The molecule has 2 nitrogen and oxygen atoms in total. The van der Waals surface area contributed by atoms with Crippen LogP contribution in [0.3, 0.4) is 0 Å². The van der Waals surface area contributed by atoms with Gasteiger partial charge < -0.3 is 4.90 Å². The second kappa shape index (κ2) is 15.4. The maximum atomic E-state index is 4.54. The normalized spacial score (nSPS) is 16.1. The highest BCUT2D eigenvalue weighted by Gasteiger charge is 2.16. The monoisotopic (exact) mass is 494 g/mol. The predicted octanol–water partition coefficient (Wildman–Crippen LogP) is 10.7. The van der Waals surface area contributed by atoms with Crippen molar-refractivity contribution in [3.05, 3.63) is 84.1 Å². The molecule has 37 heavy (non-hydrogen) atoms. The summed E-state index contributed by atoms with van der Waals surface area (Å²) in [6, 6.07) is 17.2. The van der Waals surface area contributed by atoms with Crippen LogP contribution >= 0.6 is 0 Å². The molecule has 0 saturated carbocycles. The largest absolute Gasteiger partial charge is 0.347 e. The van der Waals surface area contributed by atoms with Gasteiger partial charge in [-0.1, -0.05) is 139 Å². The number of benzene rings is 2. The minimum absolute atomic E-state index is 1.06. The van der Waals surface area contributed by atoms with Crippen LogP contribution in [-0.4, -0.2) is 12.8 Å². The summed E-state index contributed by atoms with van der Waals surface area (Å²) in [5.41, 5.74) is 7.36. The van der Waals surface area contributed by atoms with Crippen LogP contribution in [0.15, 0.2) is 78.0 Å². The van der Waals surface area contributed by atoms with Gasteiger partial charge in [0, 0.05) is 41.3 Å². The summed E-state index contributed by atoms with van der Waals surface area (Å²) in [5, 5.41) is 0. The van der Waals surface area contributed by atoms with Gasteiger partial charge in [-0.05, 0) is 30.2 Å². The van der Waals surface area contributed by atoms with Crippen LogP contribution < -0.4 is 4.90 Å². The maximum absolute atomic E-state index is 4.54. The van der Waals surface area contributed by atoms with Crippen molar-refractivity contribution in [3.8, 4) is 0 Å². The number of hydrogen-bond donors (Lipinski definition) is 0. The van der Waals surface area contributed by atoms with Gasteiger partial charge in [0.2, 0.25) is 0 Å². The number of unbranched alkanes of at least 4 members (excludes halogenated alkanes) is 13. The lowest BCUT2D eigenvalue weighted by Crippen LogP contribution is -2.21. The number of rotatable bonds is 16. The van der Waals surface area contributed by atoms with E-state index < -0.39 is 0 Å². The zero-order valence-corrected chi connectivity index (χ0v) is 23.0. The molecule has 0 aromatic heterocycles. The van der Waals surface area contributed by atoms with E-state index in [4.69, 9.17) is 0 Å². The molecule has 0 N–H and O–H groups in total. The van der Waals surface area contributed by atoms with Crippen molar-refractivity contribution in [1.82, 2.24) is 0 Å². The first-order valence-corrected chi connectivity index (χ1v) is 15.0. The zero-order valence-electron chi connectivity index (χ0n) is 23.0. The predicted molar refractivity (Wildman–Crippen MR) is 164 cm³/mol. The Morgan fingerprint density at radius 1 is 0.622 bits per heavy atom. The Hall–Kier alpha value is -2.87. The molecule has 0 aliphatic carbocycles. The summed E-state index contributed by atoms with van der Waals surface area (Å²) in [6.07, 6.45) is 30.6. The number of para-hydroxylation sites is 2. The van der Waals surface area contributed by atoms with Crippen LogP contribution in [0, 0.1) is 0 Å². The fourth-order valence-corrected chi connectivity index (χ4v) is 5.48. The Bertz CT molecular complexity index is 1090. The van der Waals surface area contributed by atoms with Crippen LogP contribution in [0.25, 0.3) is 11.1 Å². The molecular weight excluding hydrogens is 448 g/mol. The first-order valence-electron chi connectivity index (χ1n) is 15.0. The molecule has 0 radical (unpaired) electrons. The third-order valence-corrected chi connectivity index (χ3v) is 7.71. The SMILES string of the molecule is CCCCCCCCCCCCCCCCN1C=C/C(=C/C=C2/C=Nc3ccccc32)c2ccccc21. The number of fused-ring (bicyclic) bond motifs is 2. The van der Waals surface area contributed by atoms with Crippen molar-refractivity contribution in [2.45, 2.75) is 96.8 Å². The van der Waals surface area contributed by atoms with Gasteiger partial charge in [0.05, 0.1) is 5.69 Å². The number of nitrogens with zero attached hydrogens (tertiary/aromatic N) is 2. The molecule has 196 valence electrons. The summed E-state index contributed by atoms with van der Waals surface area (Å²) in [4.78, 5) is 6.98. The molecule has 2 aromatic rings. The lowest BCUT2D eigenvalue weighted by molar-refractivity contribution is 0.536. The number of anilines is 1. The molecule has 2 aliphatic heterocycles. The lowest BCUT2D eigenvalue weighted by atomic mass is 9.98. The fraction of sp³-hybridized carbons (Fsp3) is 0.457. The number of hydrogen-bond acceptors (Lipinski definition) is 2. The van der Waals surface area contributed by atoms with Crippen LogP contribution in [-0.2, 0) is 0 Å². The molecule has 2 heteroatoms. The average molecular weight is 495 g/mol. The number of allylic oxidation sites excluding steroid dienone is 5. The second-order valence-electron chi connectivity index (χ2n) is 10.6. The highest BCUT2D eigenvalue weighted by Crippen LogP contribution is 2.35. The fourth-order valence-electron chi connectivity index (χ4n) is 5.48. The van der Waals surface area contributed by atoms with Crippen molar-refractivity contribution in [2.75, 3.05) is 11.4 Å². The molecule has 0 fully saturated rings. The summed E-state index contributed by atoms with van der Waals surface area (Å²) in [6.45, 7) is 3.39. The Morgan fingerprint density at radius 3 is 1.89 bits per heavy atom. The second-order valence-corrected chi connectivity index (χ2v) is 10.6. The highest BCUT2D eigenvalue weighted by molar-refractivity contribution is 6.17. The van der Waals surface area contributed by atoms with Crippen LogP contribution in [0.1, 0.15) is 108 Å². The standard InChI is InChI=1S/C35H46N2/c1-2-3-4-5-6-7-8-9-10-11-12-13-14-19-27-37-28-26-30(33-21-16-18-23-35(33)37)24-25-31-29-36-34-22-17-15-20-32(31)34/h15-18,20-26,28-29H,2-14,19,27H2,1H3/b30-24-,31-25-. The number of aliphatic imine (C=N–C) groups is 1. The van der Waals surface area contributed by atoms with Gasteiger partial charge in [-0.2, -0.15) is 0 Å². The topological polar surface area (TPSA) is 15.6 Å². The summed E-state index contributed by atoms with van der Waals surface area (Å²) in [5.74, 6) is 0. The third kappa shape index (κ3) is 8.32. The van der Waals surface area contributed by atoms with Gasteiger partial charge in [-0.15, -0.1) is 0 Å². The lowest BCUT2D eigenvalue weighted by Gasteiger charge is -2.27. The van der Waals surface area contributed by atoms with Crippen molar-refractivity contribution in [3.63, 3.8) is 0 Å². The van der Waals surface area contributed by atoms with Crippen molar-refractivity contribution < 1.29 is 0 Å². The van der Waals surface area contributed by atoms with E-state index in [1.807, 2.05) is 12.3 Å². The first-order chi connectivity index (χ1) is 18.4. The Labute approximate surface area is 225 Å². The zero-order chi connectivity index (χ0) is 25.5. The van der Waals surface area contributed by atoms with E-state index in [1.54, 1.807) is 0 Å². The van der Waals surface area contributed by atoms with Gasteiger partial charge in [-0.25, -0.2) is 0 Å². The first kappa shape index (κ1) is 27.2. The van der Waals surface area contributed by atoms with Crippen molar-refractivity contribution in [1.29, 1.82) is 0 Å². The van der Waals surface area contributed by atoms with E-state index in [-0.39, 0.29) is 0 Å². The van der Waals surface area contributed by atoms with Gasteiger partial charge >= 0.3 is 0 Å². The van der Waals surface area contributed by atoms with Gasteiger partial charge in [-0.3, -0.25) is 4.99 Å². The Balaban J connectivity index is 1.16. The third-order valence-electron chi connectivity index (χ3n) is 7.71.